The maximum absolute atomic E-state index is 11.8. The van der Waals surface area contributed by atoms with Crippen LogP contribution in [0.15, 0.2) is 42.5 Å². The summed E-state index contributed by atoms with van der Waals surface area (Å²) in [5.74, 6) is 1.51. The summed E-state index contributed by atoms with van der Waals surface area (Å²) in [6.45, 7) is 4.80. The van der Waals surface area contributed by atoms with Gasteiger partial charge in [-0.1, -0.05) is 17.4 Å². The van der Waals surface area contributed by atoms with Crippen LogP contribution in [0.25, 0.3) is 10.2 Å². The third-order valence-electron chi connectivity index (χ3n) is 5.93. The molecular formula is C22H25N3O4S2. The van der Waals surface area contributed by atoms with E-state index in [1.54, 1.807) is 4.31 Å². The van der Waals surface area contributed by atoms with Gasteiger partial charge in [0.2, 0.25) is 10.0 Å². The Bertz CT molecular complexity index is 1190. The van der Waals surface area contributed by atoms with Gasteiger partial charge in [-0.25, -0.2) is 13.4 Å². The predicted octanol–water partition coefficient (Wildman–Crippen LogP) is 3.49. The molecule has 2 aromatic carbocycles. The molecule has 9 heteroatoms. The van der Waals surface area contributed by atoms with E-state index in [0.29, 0.717) is 24.4 Å². The van der Waals surface area contributed by atoms with Crippen molar-refractivity contribution in [1.29, 1.82) is 0 Å². The van der Waals surface area contributed by atoms with Crippen molar-refractivity contribution in [2.45, 2.75) is 25.4 Å². The topological polar surface area (TPSA) is 72.0 Å². The fourth-order valence-electron chi connectivity index (χ4n) is 4.44. The second-order valence-corrected chi connectivity index (χ2v) is 11.2. The van der Waals surface area contributed by atoms with E-state index in [-0.39, 0.29) is 6.04 Å². The molecule has 7 nitrogen and oxygen atoms in total. The number of piperazine rings is 1. The molecule has 0 spiro atoms. The molecule has 164 valence electrons. The van der Waals surface area contributed by atoms with E-state index in [0.717, 1.165) is 41.2 Å². The Morgan fingerprint density at radius 2 is 1.87 bits per heavy atom. The number of nitrogens with zero attached hydrogens (tertiary/aromatic N) is 3. The van der Waals surface area contributed by atoms with E-state index in [9.17, 15) is 8.42 Å². The number of thiazole rings is 1. The largest absolute Gasteiger partial charge is 0.492 e. The summed E-state index contributed by atoms with van der Waals surface area (Å²) in [4.78, 5) is 6.87. The Hall–Kier alpha value is -2.20. The minimum absolute atomic E-state index is 0.114. The molecule has 2 atom stereocenters. The van der Waals surface area contributed by atoms with Crippen molar-refractivity contribution in [3.63, 3.8) is 0 Å². The van der Waals surface area contributed by atoms with Crippen LogP contribution in [-0.4, -0.2) is 67.2 Å². The van der Waals surface area contributed by atoms with Crippen molar-refractivity contribution in [3.8, 4) is 16.7 Å². The van der Waals surface area contributed by atoms with Crippen molar-refractivity contribution >= 4 is 31.6 Å². The van der Waals surface area contributed by atoms with Crippen LogP contribution in [0.4, 0.5) is 0 Å². The third-order valence-corrected chi connectivity index (χ3v) is 8.14. The van der Waals surface area contributed by atoms with Crippen LogP contribution in [0.3, 0.4) is 0 Å². The standard InChI is InChI=1S/C22H25N3O4S2/c1-15-3-8-21-20(11-15)23-22(30-21)29-19-6-4-18(5-7-19)28-10-9-24-13-17-12-16(24)14-25(17)31(2,26)27/h3-8,11,16-17H,9-10,12-14H2,1-2H3. The Morgan fingerprint density at radius 1 is 1.10 bits per heavy atom. The fourth-order valence-corrected chi connectivity index (χ4v) is 6.39. The first-order valence-corrected chi connectivity index (χ1v) is 13.0. The lowest BCUT2D eigenvalue weighted by Crippen LogP contribution is -2.49. The van der Waals surface area contributed by atoms with Gasteiger partial charge in [-0.15, -0.1) is 0 Å². The molecule has 0 aliphatic carbocycles. The van der Waals surface area contributed by atoms with Gasteiger partial charge in [0.15, 0.2) is 0 Å². The van der Waals surface area contributed by atoms with Crippen LogP contribution in [0, 0.1) is 6.92 Å². The number of fused-ring (bicyclic) bond motifs is 3. The van der Waals surface area contributed by atoms with Crippen molar-refractivity contribution < 1.29 is 17.9 Å². The van der Waals surface area contributed by atoms with Crippen molar-refractivity contribution in [2.75, 3.05) is 32.5 Å². The highest BCUT2D eigenvalue weighted by Gasteiger charge is 2.46. The van der Waals surface area contributed by atoms with E-state index in [1.165, 1.54) is 23.2 Å². The summed E-state index contributed by atoms with van der Waals surface area (Å²) < 4.78 is 38.1. The molecule has 5 rings (SSSR count). The fraction of sp³-hybridized carbons (Fsp3) is 0.409. The monoisotopic (exact) mass is 459 g/mol. The van der Waals surface area contributed by atoms with Crippen LogP contribution in [0.1, 0.15) is 12.0 Å². The second-order valence-electron chi connectivity index (χ2n) is 8.24. The average molecular weight is 460 g/mol. The summed E-state index contributed by atoms with van der Waals surface area (Å²) in [5, 5.41) is 0.626. The van der Waals surface area contributed by atoms with Crippen molar-refractivity contribution in [3.05, 3.63) is 48.0 Å². The Labute approximate surface area is 186 Å². The highest BCUT2D eigenvalue weighted by Crippen LogP contribution is 2.33. The number of likely N-dealkylation sites (tertiary alicyclic amines) is 1. The Balaban J connectivity index is 1.12. The number of hydrogen-bond donors (Lipinski definition) is 0. The Kier molecular flexibility index (Phi) is 5.37. The lowest BCUT2D eigenvalue weighted by molar-refractivity contribution is 0.153. The molecule has 0 N–H and O–H groups in total. The number of sulfonamides is 1. The molecule has 2 fully saturated rings. The van der Waals surface area contributed by atoms with Gasteiger partial charge < -0.3 is 9.47 Å². The number of benzene rings is 2. The molecule has 0 saturated carbocycles. The summed E-state index contributed by atoms with van der Waals surface area (Å²) in [6.07, 6.45) is 2.22. The first-order chi connectivity index (χ1) is 14.8. The molecule has 2 aliphatic heterocycles. The van der Waals surface area contributed by atoms with Crippen LogP contribution >= 0.6 is 11.3 Å². The lowest BCUT2D eigenvalue weighted by Gasteiger charge is -2.32. The molecule has 3 heterocycles. The van der Waals surface area contributed by atoms with E-state index in [4.69, 9.17) is 9.47 Å². The van der Waals surface area contributed by atoms with Gasteiger partial charge in [-0.3, -0.25) is 4.90 Å². The number of hydrogen-bond acceptors (Lipinski definition) is 7. The number of aromatic nitrogens is 1. The highest BCUT2D eigenvalue weighted by atomic mass is 32.2. The maximum Gasteiger partial charge on any atom is 0.279 e. The quantitative estimate of drug-likeness (QED) is 0.539. The van der Waals surface area contributed by atoms with Gasteiger partial charge in [0, 0.05) is 31.7 Å². The van der Waals surface area contributed by atoms with Crippen LogP contribution in [-0.2, 0) is 10.0 Å². The van der Waals surface area contributed by atoms with E-state index in [2.05, 4.69) is 35.0 Å². The van der Waals surface area contributed by atoms with E-state index < -0.39 is 10.0 Å². The molecule has 2 saturated heterocycles. The van der Waals surface area contributed by atoms with Crippen molar-refractivity contribution in [2.24, 2.45) is 0 Å². The molecule has 2 unspecified atom stereocenters. The first-order valence-electron chi connectivity index (χ1n) is 10.3. The molecule has 0 amide bonds. The number of aryl methyl sites for hydroxylation is 1. The highest BCUT2D eigenvalue weighted by molar-refractivity contribution is 7.88. The van der Waals surface area contributed by atoms with Gasteiger partial charge in [0.25, 0.3) is 5.19 Å². The van der Waals surface area contributed by atoms with E-state index in [1.807, 2.05) is 24.3 Å². The SMILES string of the molecule is Cc1ccc2sc(Oc3ccc(OCCN4CC5CC4CN5S(C)(=O)=O)cc3)nc2c1. The summed E-state index contributed by atoms with van der Waals surface area (Å²) in [5.41, 5.74) is 2.13. The Morgan fingerprint density at radius 3 is 2.58 bits per heavy atom. The lowest BCUT2D eigenvalue weighted by atomic mass is 10.2. The zero-order chi connectivity index (χ0) is 21.6. The maximum atomic E-state index is 11.8. The number of rotatable bonds is 7. The van der Waals surface area contributed by atoms with Crippen LogP contribution < -0.4 is 9.47 Å². The zero-order valence-corrected chi connectivity index (χ0v) is 19.2. The smallest absolute Gasteiger partial charge is 0.279 e. The van der Waals surface area contributed by atoms with Crippen LogP contribution in [0.2, 0.25) is 0 Å². The van der Waals surface area contributed by atoms with Gasteiger partial charge in [-0.2, -0.15) is 4.31 Å². The molecule has 0 radical (unpaired) electrons. The predicted molar refractivity (Wildman–Crippen MR) is 122 cm³/mol. The second kappa shape index (κ2) is 8.05. The van der Waals surface area contributed by atoms with Crippen molar-refractivity contribution in [1.82, 2.24) is 14.2 Å². The van der Waals surface area contributed by atoms with Gasteiger partial charge in [0.1, 0.15) is 18.1 Å². The molecular weight excluding hydrogens is 434 g/mol. The number of ether oxygens (including phenoxy) is 2. The van der Waals surface area contributed by atoms with Crippen LogP contribution in [0.5, 0.6) is 16.7 Å². The summed E-state index contributed by atoms with van der Waals surface area (Å²) in [7, 11) is -3.10. The normalized spacial score (nSPS) is 21.7. The molecule has 3 aromatic rings. The third kappa shape index (κ3) is 4.41. The average Bonchev–Trinajstić information content (AvgIpc) is 3.42. The minimum atomic E-state index is -3.10. The molecule has 31 heavy (non-hydrogen) atoms. The van der Waals surface area contributed by atoms with Gasteiger partial charge >= 0.3 is 0 Å². The zero-order valence-electron chi connectivity index (χ0n) is 17.5. The van der Waals surface area contributed by atoms with Gasteiger partial charge in [0.05, 0.1) is 16.5 Å². The first kappa shape index (κ1) is 20.7. The summed E-state index contributed by atoms with van der Waals surface area (Å²) in [6, 6.07) is 14.2. The molecule has 2 aliphatic rings. The molecule has 2 bridgehead atoms. The minimum Gasteiger partial charge on any atom is -0.492 e. The molecule has 1 aromatic heterocycles. The summed E-state index contributed by atoms with van der Waals surface area (Å²) >= 11 is 1.53. The van der Waals surface area contributed by atoms with E-state index >= 15 is 0 Å². The van der Waals surface area contributed by atoms with Gasteiger partial charge in [-0.05, 0) is 55.3 Å².